The summed E-state index contributed by atoms with van der Waals surface area (Å²) in [4.78, 5) is 0. The number of nitrogens with two attached hydrogens (primary N) is 1. The molecule has 0 aliphatic heterocycles. The first-order valence-electron chi connectivity index (χ1n) is 3.36. The monoisotopic (exact) mass is 206 g/mol. The van der Waals surface area contributed by atoms with Gasteiger partial charge in [-0.05, 0) is 17.7 Å². The summed E-state index contributed by atoms with van der Waals surface area (Å²) in [5.74, 6) is -1.86. The maximum atomic E-state index is 12.5. The molecule has 0 aliphatic rings. The van der Waals surface area contributed by atoms with Gasteiger partial charge in [-0.1, -0.05) is 6.07 Å². The fourth-order valence-corrected chi connectivity index (χ4v) is 0.870. The molecule has 72 valence electrons. The smallest absolute Gasteiger partial charge is 0.159 e. The molecule has 0 amide bonds. The van der Waals surface area contributed by atoms with Crippen molar-refractivity contribution < 1.29 is 8.78 Å². The van der Waals surface area contributed by atoms with Crippen LogP contribution in [0.2, 0.25) is 0 Å². The van der Waals surface area contributed by atoms with E-state index >= 15 is 0 Å². The van der Waals surface area contributed by atoms with Crippen LogP contribution in [0.25, 0.3) is 0 Å². The van der Waals surface area contributed by atoms with Crippen molar-refractivity contribution in [3.8, 4) is 0 Å². The van der Waals surface area contributed by atoms with Crippen LogP contribution in [0.1, 0.15) is 5.56 Å². The summed E-state index contributed by atoms with van der Waals surface area (Å²) in [6.45, 7) is 0. The quantitative estimate of drug-likeness (QED) is 0.563. The maximum Gasteiger partial charge on any atom is 0.159 e. The van der Waals surface area contributed by atoms with Gasteiger partial charge in [0.05, 0.1) is 5.84 Å². The van der Waals surface area contributed by atoms with Gasteiger partial charge in [-0.3, -0.25) is 5.41 Å². The Morgan fingerprint density at radius 3 is 2.38 bits per heavy atom. The molecule has 0 atom stereocenters. The molecule has 0 saturated heterocycles. The van der Waals surface area contributed by atoms with Gasteiger partial charge in [0.1, 0.15) is 0 Å². The van der Waals surface area contributed by atoms with E-state index in [1.54, 1.807) is 0 Å². The maximum absolute atomic E-state index is 12.5. The van der Waals surface area contributed by atoms with Crippen LogP contribution >= 0.6 is 12.4 Å². The predicted octanol–water partition coefficient (Wildman–Crippen LogP) is 1.87. The highest BCUT2D eigenvalue weighted by Crippen LogP contribution is 2.08. The Bertz CT molecular complexity index is 315. The second kappa shape index (κ2) is 4.77. The average Bonchev–Trinajstić information content (AvgIpc) is 1.96. The highest BCUT2D eigenvalue weighted by molar-refractivity contribution is 5.85. The lowest BCUT2D eigenvalue weighted by Gasteiger charge is -1.99. The molecule has 3 N–H and O–H groups in total. The number of hydrogen-bond donors (Lipinski definition) is 2. The number of halogens is 3. The summed E-state index contributed by atoms with van der Waals surface area (Å²) < 4.78 is 24.9. The third-order valence-electron chi connectivity index (χ3n) is 1.38. The topological polar surface area (TPSA) is 49.9 Å². The van der Waals surface area contributed by atoms with Crippen molar-refractivity contribution in [3.63, 3.8) is 0 Å². The van der Waals surface area contributed by atoms with Crippen LogP contribution in [-0.2, 0) is 6.42 Å². The Balaban J connectivity index is 0.00000144. The zero-order valence-corrected chi connectivity index (χ0v) is 7.50. The average molecular weight is 207 g/mol. The molecule has 0 radical (unpaired) electrons. The predicted molar refractivity (Wildman–Crippen MR) is 49.2 cm³/mol. The van der Waals surface area contributed by atoms with Crippen molar-refractivity contribution in [1.29, 1.82) is 5.41 Å². The third kappa shape index (κ3) is 3.38. The lowest BCUT2D eigenvalue weighted by molar-refractivity contribution is 0.507. The van der Waals surface area contributed by atoms with E-state index in [0.29, 0.717) is 5.56 Å². The molecule has 0 fully saturated rings. The molecule has 0 saturated carbocycles. The number of hydrogen-bond acceptors (Lipinski definition) is 1. The second-order valence-electron chi connectivity index (χ2n) is 2.45. The summed E-state index contributed by atoms with van der Waals surface area (Å²) in [6.07, 6.45) is 0.150. The van der Waals surface area contributed by atoms with E-state index in [4.69, 9.17) is 11.1 Å². The van der Waals surface area contributed by atoms with E-state index in [1.807, 2.05) is 0 Å². The van der Waals surface area contributed by atoms with E-state index in [2.05, 4.69) is 0 Å². The van der Waals surface area contributed by atoms with Crippen LogP contribution < -0.4 is 5.73 Å². The SMILES string of the molecule is Cl.N=C(N)Cc1ccc(F)c(F)c1. The Hall–Kier alpha value is -1.16. The molecule has 0 aliphatic carbocycles. The second-order valence-corrected chi connectivity index (χ2v) is 2.45. The summed E-state index contributed by atoms with van der Waals surface area (Å²) in [6, 6.07) is 3.46. The highest BCUT2D eigenvalue weighted by atomic mass is 35.5. The van der Waals surface area contributed by atoms with E-state index in [0.717, 1.165) is 12.1 Å². The van der Waals surface area contributed by atoms with Crippen molar-refractivity contribution in [2.45, 2.75) is 6.42 Å². The van der Waals surface area contributed by atoms with Crippen molar-refractivity contribution in [3.05, 3.63) is 35.4 Å². The fraction of sp³-hybridized carbons (Fsp3) is 0.125. The van der Waals surface area contributed by atoms with Gasteiger partial charge in [-0.2, -0.15) is 0 Å². The number of rotatable bonds is 2. The standard InChI is InChI=1S/C8H8F2N2.ClH/c9-6-2-1-5(3-7(6)10)4-8(11)12;/h1-3H,4H2,(H3,11,12);1H. The lowest BCUT2D eigenvalue weighted by atomic mass is 10.1. The Labute approximate surface area is 80.7 Å². The number of nitrogens with one attached hydrogen (secondary N) is 1. The van der Waals surface area contributed by atoms with E-state index in [-0.39, 0.29) is 24.7 Å². The van der Waals surface area contributed by atoms with Gasteiger partial charge in [-0.15, -0.1) is 12.4 Å². The minimum atomic E-state index is -0.909. The number of amidine groups is 1. The molecule has 13 heavy (non-hydrogen) atoms. The molecule has 0 unspecified atom stereocenters. The lowest BCUT2D eigenvalue weighted by Crippen LogP contribution is -2.12. The molecule has 1 aromatic carbocycles. The summed E-state index contributed by atoms with van der Waals surface area (Å²) in [5, 5.41) is 6.92. The zero-order valence-electron chi connectivity index (χ0n) is 6.68. The van der Waals surface area contributed by atoms with Gasteiger partial charge in [0.2, 0.25) is 0 Å². The van der Waals surface area contributed by atoms with Crippen LogP contribution in [0.15, 0.2) is 18.2 Å². The fourth-order valence-electron chi connectivity index (χ4n) is 0.870. The first-order chi connectivity index (χ1) is 5.59. The van der Waals surface area contributed by atoms with Gasteiger partial charge >= 0.3 is 0 Å². The first kappa shape index (κ1) is 11.8. The van der Waals surface area contributed by atoms with E-state index in [1.165, 1.54) is 6.07 Å². The molecular formula is C8H9ClF2N2. The van der Waals surface area contributed by atoms with Gasteiger partial charge in [0.25, 0.3) is 0 Å². The van der Waals surface area contributed by atoms with Crippen LogP contribution in [-0.4, -0.2) is 5.84 Å². The molecule has 5 heteroatoms. The minimum absolute atomic E-state index is 0. The van der Waals surface area contributed by atoms with Crippen LogP contribution in [0.4, 0.5) is 8.78 Å². The molecule has 1 aromatic rings. The molecule has 0 aromatic heterocycles. The van der Waals surface area contributed by atoms with Crippen molar-refractivity contribution in [2.24, 2.45) is 5.73 Å². The molecule has 1 rings (SSSR count). The van der Waals surface area contributed by atoms with Gasteiger partial charge in [-0.25, -0.2) is 8.78 Å². The normalized spacial score (nSPS) is 9.08. The van der Waals surface area contributed by atoms with Crippen molar-refractivity contribution in [2.75, 3.05) is 0 Å². The molecular weight excluding hydrogens is 198 g/mol. The summed E-state index contributed by atoms with van der Waals surface area (Å²) in [5.41, 5.74) is 5.58. The highest BCUT2D eigenvalue weighted by Gasteiger charge is 2.02. The van der Waals surface area contributed by atoms with E-state index < -0.39 is 11.6 Å². The van der Waals surface area contributed by atoms with Crippen LogP contribution in [0, 0.1) is 17.0 Å². The third-order valence-corrected chi connectivity index (χ3v) is 1.38. The molecule has 0 bridgehead atoms. The summed E-state index contributed by atoms with van der Waals surface area (Å²) in [7, 11) is 0. The van der Waals surface area contributed by atoms with Gasteiger partial charge < -0.3 is 5.73 Å². The number of benzene rings is 1. The Kier molecular flexibility index (Phi) is 4.34. The van der Waals surface area contributed by atoms with Crippen LogP contribution in [0.5, 0.6) is 0 Å². The van der Waals surface area contributed by atoms with Gasteiger partial charge in [0.15, 0.2) is 11.6 Å². The Morgan fingerprint density at radius 1 is 1.31 bits per heavy atom. The zero-order chi connectivity index (χ0) is 9.14. The summed E-state index contributed by atoms with van der Waals surface area (Å²) >= 11 is 0. The van der Waals surface area contributed by atoms with Crippen molar-refractivity contribution in [1.82, 2.24) is 0 Å². The van der Waals surface area contributed by atoms with Gasteiger partial charge in [0, 0.05) is 6.42 Å². The minimum Gasteiger partial charge on any atom is -0.387 e. The first-order valence-corrected chi connectivity index (χ1v) is 3.36. The van der Waals surface area contributed by atoms with Crippen LogP contribution in [0.3, 0.4) is 0 Å². The van der Waals surface area contributed by atoms with E-state index in [9.17, 15) is 8.78 Å². The Morgan fingerprint density at radius 2 is 1.92 bits per heavy atom. The molecule has 0 spiro atoms. The largest absolute Gasteiger partial charge is 0.387 e. The molecule has 2 nitrogen and oxygen atoms in total. The molecule has 0 heterocycles. The van der Waals surface area contributed by atoms with Crippen molar-refractivity contribution >= 4 is 18.2 Å².